The van der Waals surface area contributed by atoms with Gasteiger partial charge < -0.3 is 4.74 Å². The second-order valence-electron chi connectivity index (χ2n) is 10.0. The SMILES string of the molecule is CC(C)(C)C1=CC(=Cc2ccc(OCc3ccccc3)cc2)C=C(C(C)(C)C)C1. The van der Waals surface area contributed by atoms with E-state index in [2.05, 4.69) is 96.2 Å². The first-order chi connectivity index (χ1) is 13.6. The molecule has 0 radical (unpaired) electrons. The lowest BCUT2D eigenvalue weighted by Gasteiger charge is -2.33. The average Bonchev–Trinajstić information content (AvgIpc) is 2.67. The highest BCUT2D eigenvalue weighted by atomic mass is 16.5. The first-order valence-electron chi connectivity index (χ1n) is 10.5. The Balaban J connectivity index is 1.79. The quantitative estimate of drug-likeness (QED) is 0.517. The van der Waals surface area contributed by atoms with Crippen molar-refractivity contribution in [3.63, 3.8) is 0 Å². The van der Waals surface area contributed by atoms with Gasteiger partial charge >= 0.3 is 0 Å². The first-order valence-corrected chi connectivity index (χ1v) is 10.5. The summed E-state index contributed by atoms with van der Waals surface area (Å²) in [5.74, 6) is 0.900. The van der Waals surface area contributed by atoms with Gasteiger partial charge in [0.05, 0.1) is 0 Å². The average molecular weight is 387 g/mol. The van der Waals surface area contributed by atoms with E-state index in [0.717, 1.165) is 12.2 Å². The maximum absolute atomic E-state index is 5.92. The van der Waals surface area contributed by atoms with Gasteiger partial charge in [-0.25, -0.2) is 0 Å². The van der Waals surface area contributed by atoms with Crippen molar-refractivity contribution in [2.24, 2.45) is 10.8 Å². The molecule has 0 saturated carbocycles. The summed E-state index contributed by atoms with van der Waals surface area (Å²) in [4.78, 5) is 0. The molecule has 0 fully saturated rings. The molecule has 0 aromatic heterocycles. The van der Waals surface area contributed by atoms with Gasteiger partial charge in [-0.3, -0.25) is 0 Å². The van der Waals surface area contributed by atoms with Crippen LogP contribution in [0.3, 0.4) is 0 Å². The highest BCUT2D eigenvalue weighted by Gasteiger charge is 2.26. The molecule has 0 spiro atoms. The van der Waals surface area contributed by atoms with Crippen LogP contribution in [-0.2, 0) is 6.61 Å². The summed E-state index contributed by atoms with van der Waals surface area (Å²) in [5.41, 5.74) is 7.02. The van der Waals surface area contributed by atoms with Crippen LogP contribution in [-0.4, -0.2) is 0 Å². The van der Waals surface area contributed by atoms with Crippen LogP contribution < -0.4 is 4.74 Å². The summed E-state index contributed by atoms with van der Waals surface area (Å²) in [6.07, 6.45) is 8.08. The molecule has 1 heteroatoms. The zero-order chi connectivity index (χ0) is 21.1. The van der Waals surface area contributed by atoms with Crippen molar-refractivity contribution in [3.8, 4) is 5.75 Å². The summed E-state index contributed by atoms with van der Waals surface area (Å²) in [6, 6.07) is 18.7. The summed E-state index contributed by atoms with van der Waals surface area (Å²) >= 11 is 0. The van der Waals surface area contributed by atoms with Crippen LogP contribution in [0.4, 0.5) is 0 Å². The van der Waals surface area contributed by atoms with Crippen LogP contribution in [0.15, 0.2) is 83.5 Å². The minimum atomic E-state index is 0.180. The molecule has 0 unspecified atom stereocenters. The fourth-order valence-electron chi connectivity index (χ4n) is 3.39. The number of benzene rings is 2. The highest BCUT2D eigenvalue weighted by molar-refractivity contribution is 5.63. The Labute approximate surface area is 176 Å². The maximum atomic E-state index is 5.92. The summed E-state index contributed by atoms with van der Waals surface area (Å²) in [7, 11) is 0. The normalized spacial score (nSPS) is 14.9. The molecule has 152 valence electrons. The molecule has 0 atom stereocenters. The lowest BCUT2D eigenvalue weighted by molar-refractivity contribution is 0.306. The van der Waals surface area contributed by atoms with Crippen LogP contribution in [0.2, 0.25) is 0 Å². The third-order valence-electron chi connectivity index (χ3n) is 5.45. The Hall–Kier alpha value is -2.54. The first kappa shape index (κ1) is 21.2. The van der Waals surface area contributed by atoms with E-state index in [1.807, 2.05) is 18.2 Å². The summed E-state index contributed by atoms with van der Waals surface area (Å²) in [5, 5.41) is 0. The van der Waals surface area contributed by atoms with Gasteiger partial charge in [-0.15, -0.1) is 0 Å². The van der Waals surface area contributed by atoms with Crippen molar-refractivity contribution in [2.75, 3.05) is 0 Å². The molecular weight excluding hydrogens is 352 g/mol. The molecule has 1 aliphatic rings. The van der Waals surface area contributed by atoms with E-state index in [-0.39, 0.29) is 10.8 Å². The van der Waals surface area contributed by atoms with Crippen LogP contribution in [0.5, 0.6) is 5.75 Å². The predicted octanol–water partition coefficient (Wildman–Crippen LogP) is 8.00. The van der Waals surface area contributed by atoms with Gasteiger partial charge in [0, 0.05) is 0 Å². The molecule has 0 bridgehead atoms. The second kappa shape index (κ2) is 8.45. The molecule has 2 aromatic rings. The zero-order valence-corrected chi connectivity index (χ0v) is 18.8. The fourth-order valence-corrected chi connectivity index (χ4v) is 3.39. The molecule has 29 heavy (non-hydrogen) atoms. The van der Waals surface area contributed by atoms with E-state index >= 15 is 0 Å². The van der Waals surface area contributed by atoms with Crippen molar-refractivity contribution >= 4 is 6.08 Å². The van der Waals surface area contributed by atoms with Crippen LogP contribution in [0.1, 0.15) is 59.1 Å². The van der Waals surface area contributed by atoms with Gasteiger partial charge in [0.15, 0.2) is 0 Å². The van der Waals surface area contributed by atoms with E-state index < -0.39 is 0 Å². The van der Waals surface area contributed by atoms with E-state index in [9.17, 15) is 0 Å². The number of allylic oxidation sites excluding steroid dienone is 5. The van der Waals surface area contributed by atoms with Gasteiger partial charge in [-0.2, -0.15) is 0 Å². The molecule has 3 rings (SSSR count). The molecule has 0 aliphatic heterocycles. The smallest absolute Gasteiger partial charge is 0.119 e. The minimum Gasteiger partial charge on any atom is -0.489 e. The topological polar surface area (TPSA) is 9.23 Å². The number of rotatable bonds is 4. The molecule has 0 amide bonds. The summed E-state index contributed by atoms with van der Waals surface area (Å²) < 4.78 is 5.92. The van der Waals surface area contributed by atoms with E-state index in [0.29, 0.717) is 6.61 Å². The molecule has 0 heterocycles. The van der Waals surface area contributed by atoms with Crippen LogP contribution in [0, 0.1) is 10.8 Å². The van der Waals surface area contributed by atoms with Gasteiger partial charge in [-0.05, 0) is 52.2 Å². The Kier molecular flexibility index (Phi) is 6.17. The minimum absolute atomic E-state index is 0.180. The second-order valence-corrected chi connectivity index (χ2v) is 10.0. The molecule has 1 nitrogen and oxygen atoms in total. The lowest BCUT2D eigenvalue weighted by atomic mass is 9.72. The number of hydrogen-bond acceptors (Lipinski definition) is 1. The van der Waals surface area contributed by atoms with Crippen molar-refractivity contribution in [3.05, 3.63) is 94.6 Å². The zero-order valence-electron chi connectivity index (χ0n) is 18.8. The Morgan fingerprint density at radius 1 is 0.759 bits per heavy atom. The van der Waals surface area contributed by atoms with Crippen molar-refractivity contribution < 1.29 is 4.74 Å². The van der Waals surface area contributed by atoms with Crippen molar-refractivity contribution in [2.45, 2.75) is 54.6 Å². The monoisotopic (exact) mass is 386 g/mol. The maximum Gasteiger partial charge on any atom is 0.119 e. The Morgan fingerprint density at radius 2 is 1.31 bits per heavy atom. The fraction of sp³-hybridized carbons (Fsp3) is 0.357. The van der Waals surface area contributed by atoms with Gasteiger partial charge in [-0.1, -0.05) is 107 Å². The molecule has 0 N–H and O–H groups in total. The summed E-state index contributed by atoms with van der Waals surface area (Å²) in [6.45, 7) is 14.4. The van der Waals surface area contributed by atoms with Gasteiger partial charge in [0.2, 0.25) is 0 Å². The van der Waals surface area contributed by atoms with Crippen LogP contribution in [0.25, 0.3) is 6.08 Å². The lowest BCUT2D eigenvalue weighted by Crippen LogP contribution is -2.18. The highest BCUT2D eigenvalue weighted by Crippen LogP contribution is 2.41. The molecule has 1 aliphatic carbocycles. The van der Waals surface area contributed by atoms with Crippen LogP contribution >= 0.6 is 0 Å². The standard InChI is InChI=1S/C28H34O/c1-27(2,3)24-17-23(18-25(19-24)28(4,5)6)16-21-12-14-26(15-13-21)29-20-22-10-8-7-9-11-22/h7-18H,19-20H2,1-6H3. The number of ether oxygens (including phenoxy) is 1. The van der Waals surface area contributed by atoms with Gasteiger partial charge in [0.1, 0.15) is 12.4 Å². The third kappa shape index (κ3) is 5.97. The van der Waals surface area contributed by atoms with Crippen molar-refractivity contribution in [1.82, 2.24) is 0 Å². The number of hydrogen-bond donors (Lipinski definition) is 0. The third-order valence-corrected chi connectivity index (χ3v) is 5.45. The molecular formula is C28H34O. The van der Waals surface area contributed by atoms with Crippen molar-refractivity contribution in [1.29, 1.82) is 0 Å². The predicted molar refractivity (Wildman–Crippen MR) is 125 cm³/mol. The van der Waals surface area contributed by atoms with Gasteiger partial charge in [0.25, 0.3) is 0 Å². The van der Waals surface area contributed by atoms with E-state index in [1.54, 1.807) is 0 Å². The molecule has 2 aromatic carbocycles. The Morgan fingerprint density at radius 3 is 1.83 bits per heavy atom. The molecule has 0 saturated heterocycles. The van der Waals surface area contributed by atoms with E-state index in [4.69, 9.17) is 4.74 Å². The Bertz CT molecular complexity index is 879. The van der Waals surface area contributed by atoms with E-state index in [1.165, 1.54) is 27.8 Å². The largest absolute Gasteiger partial charge is 0.489 e.